The molecule has 0 N–H and O–H groups in total. The lowest BCUT2D eigenvalue weighted by Crippen LogP contribution is -1.95. The Morgan fingerprint density at radius 1 is 0.870 bits per heavy atom. The number of para-hydroxylation sites is 1. The van der Waals surface area contributed by atoms with Crippen LogP contribution in [0.25, 0.3) is 0 Å². The summed E-state index contributed by atoms with van der Waals surface area (Å²) in [6.45, 7) is 2.90. The van der Waals surface area contributed by atoms with Gasteiger partial charge in [-0.05, 0) is 30.4 Å². The summed E-state index contributed by atoms with van der Waals surface area (Å²) in [4.78, 5) is 0. The summed E-state index contributed by atoms with van der Waals surface area (Å²) in [7, 11) is 0. The monoisotopic (exact) mass is 374 g/mol. The second-order valence-electron chi connectivity index (χ2n) is 5.89. The standard InChI is InChI=1S/C18H31O2PS2/c1-2-3-4-5-6-7-8-9-10-14-17-19-21(22,23)20-18-15-12-11-13-16-18/h11-13,15-16H,2-10,14,17H2,1H3,(H,22,23). The summed E-state index contributed by atoms with van der Waals surface area (Å²) in [5, 5.41) is 0. The molecule has 0 amide bonds. The molecular formula is C18H31O2PS2. The van der Waals surface area contributed by atoms with Crippen molar-refractivity contribution in [3.63, 3.8) is 0 Å². The van der Waals surface area contributed by atoms with E-state index in [1.54, 1.807) is 0 Å². The van der Waals surface area contributed by atoms with Gasteiger partial charge >= 0.3 is 0 Å². The number of hydrogen-bond acceptors (Lipinski definition) is 3. The minimum Gasteiger partial charge on any atom is -0.436 e. The third-order valence-electron chi connectivity index (χ3n) is 3.72. The lowest BCUT2D eigenvalue weighted by Gasteiger charge is -2.17. The van der Waals surface area contributed by atoms with Gasteiger partial charge in [-0.2, -0.15) is 0 Å². The van der Waals surface area contributed by atoms with Crippen molar-refractivity contribution in [2.45, 2.75) is 71.1 Å². The highest BCUT2D eigenvalue weighted by Gasteiger charge is 2.14. The van der Waals surface area contributed by atoms with Gasteiger partial charge in [0.1, 0.15) is 5.75 Å². The van der Waals surface area contributed by atoms with Crippen molar-refractivity contribution in [2.24, 2.45) is 0 Å². The van der Waals surface area contributed by atoms with Gasteiger partial charge in [-0.3, -0.25) is 0 Å². The largest absolute Gasteiger partial charge is 0.436 e. The second-order valence-corrected chi connectivity index (χ2v) is 11.1. The van der Waals surface area contributed by atoms with E-state index in [1.807, 2.05) is 30.3 Å². The number of benzene rings is 1. The summed E-state index contributed by atoms with van der Waals surface area (Å²) in [6, 6.07) is 9.53. The van der Waals surface area contributed by atoms with Crippen LogP contribution in [0, 0.1) is 0 Å². The molecule has 0 aliphatic heterocycles. The molecule has 1 aromatic carbocycles. The van der Waals surface area contributed by atoms with Gasteiger partial charge < -0.3 is 9.05 Å². The van der Waals surface area contributed by atoms with E-state index in [9.17, 15) is 0 Å². The smallest absolute Gasteiger partial charge is 0.294 e. The molecule has 0 bridgehead atoms. The normalized spacial score (nSPS) is 13.7. The molecule has 23 heavy (non-hydrogen) atoms. The molecule has 132 valence electrons. The van der Waals surface area contributed by atoms with Crippen LogP contribution in [0.1, 0.15) is 71.1 Å². The lowest BCUT2D eigenvalue weighted by molar-refractivity contribution is 0.311. The maximum absolute atomic E-state index is 5.67. The SMILES string of the molecule is CCCCCCCCCCCCOP(=S)(S)Oc1ccccc1. The molecule has 5 heteroatoms. The van der Waals surface area contributed by atoms with Crippen LogP contribution >= 0.6 is 17.9 Å². The number of rotatable bonds is 14. The van der Waals surface area contributed by atoms with Crippen LogP contribution in [0.2, 0.25) is 0 Å². The first-order valence-corrected chi connectivity index (χ1v) is 12.6. The zero-order valence-corrected chi connectivity index (χ0v) is 16.9. The van der Waals surface area contributed by atoms with Crippen molar-refractivity contribution in [1.82, 2.24) is 0 Å². The molecule has 0 aliphatic carbocycles. The highest BCUT2D eigenvalue weighted by molar-refractivity contribution is 8.60. The molecule has 0 heterocycles. The molecule has 1 rings (SSSR count). The first-order chi connectivity index (χ1) is 11.1. The number of thiol groups is 1. The van der Waals surface area contributed by atoms with Crippen molar-refractivity contribution in [3.05, 3.63) is 30.3 Å². The fourth-order valence-corrected chi connectivity index (χ4v) is 4.22. The van der Waals surface area contributed by atoms with Crippen molar-refractivity contribution in [2.75, 3.05) is 6.61 Å². The van der Waals surface area contributed by atoms with E-state index >= 15 is 0 Å². The summed E-state index contributed by atoms with van der Waals surface area (Å²) in [6.07, 6.45) is 13.1. The highest BCUT2D eigenvalue weighted by Crippen LogP contribution is 2.53. The van der Waals surface area contributed by atoms with Gasteiger partial charge in [0.2, 0.25) is 0 Å². The molecule has 0 aliphatic rings. The Kier molecular flexibility index (Phi) is 12.1. The van der Waals surface area contributed by atoms with Crippen molar-refractivity contribution in [1.29, 1.82) is 0 Å². The van der Waals surface area contributed by atoms with Crippen LogP contribution in [-0.2, 0) is 16.3 Å². The van der Waals surface area contributed by atoms with Gasteiger partial charge in [0.05, 0.1) is 6.61 Å². The Morgan fingerprint density at radius 2 is 1.39 bits per heavy atom. The Balaban J connectivity index is 1.96. The zero-order chi connectivity index (χ0) is 16.8. The molecule has 1 unspecified atom stereocenters. The first-order valence-electron chi connectivity index (χ1n) is 8.86. The van der Waals surface area contributed by atoms with Gasteiger partial charge in [-0.1, -0.05) is 95.2 Å². The molecule has 1 atom stereocenters. The minimum absolute atomic E-state index is 0.643. The van der Waals surface area contributed by atoms with E-state index < -0.39 is 5.69 Å². The van der Waals surface area contributed by atoms with E-state index in [4.69, 9.17) is 20.9 Å². The quantitative estimate of drug-likeness (QED) is 0.212. The predicted molar refractivity (Wildman–Crippen MR) is 108 cm³/mol. The number of hydrogen-bond donors (Lipinski definition) is 1. The average Bonchev–Trinajstić information content (AvgIpc) is 2.53. The van der Waals surface area contributed by atoms with Crippen LogP contribution in [0.3, 0.4) is 0 Å². The first kappa shape index (κ1) is 21.0. The van der Waals surface area contributed by atoms with Gasteiger partial charge in [0.15, 0.2) is 0 Å². The van der Waals surface area contributed by atoms with E-state index in [2.05, 4.69) is 19.2 Å². The lowest BCUT2D eigenvalue weighted by atomic mass is 10.1. The van der Waals surface area contributed by atoms with Crippen molar-refractivity contribution < 1.29 is 9.05 Å². The van der Waals surface area contributed by atoms with Crippen LogP contribution < -0.4 is 4.52 Å². The molecule has 0 aromatic heterocycles. The Bertz CT molecular complexity index is 440. The fourth-order valence-electron chi connectivity index (χ4n) is 2.41. The maximum Gasteiger partial charge on any atom is 0.294 e. The topological polar surface area (TPSA) is 18.5 Å². The van der Waals surface area contributed by atoms with Gasteiger partial charge in [-0.25, -0.2) is 0 Å². The zero-order valence-electron chi connectivity index (χ0n) is 14.3. The maximum atomic E-state index is 5.67. The van der Waals surface area contributed by atoms with Crippen LogP contribution in [0.15, 0.2) is 30.3 Å². The van der Waals surface area contributed by atoms with Crippen LogP contribution in [-0.4, -0.2) is 6.61 Å². The summed E-state index contributed by atoms with van der Waals surface area (Å²) in [5.41, 5.74) is -2.46. The third-order valence-corrected chi connectivity index (χ3v) is 5.80. The summed E-state index contributed by atoms with van der Waals surface area (Å²) < 4.78 is 11.3. The van der Waals surface area contributed by atoms with Crippen LogP contribution in [0.4, 0.5) is 0 Å². The molecule has 0 fully saturated rings. The molecular weight excluding hydrogens is 343 g/mol. The van der Waals surface area contributed by atoms with Gasteiger partial charge in [-0.15, -0.1) is 0 Å². The second kappa shape index (κ2) is 13.3. The molecule has 1 aromatic rings. The Hall–Kier alpha value is -0.0200. The van der Waals surface area contributed by atoms with Crippen LogP contribution in [0.5, 0.6) is 5.75 Å². The van der Waals surface area contributed by atoms with Crippen molar-refractivity contribution in [3.8, 4) is 5.75 Å². The Labute approximate surface area is 152 Å². The minimum atomic E-state index is -2.46. The average molecular weight is 375 g/mol. The third kappa shape index (κ3) is 12.1. The predicted octanol–water partition coefficient (Wildman–Crippen LogP) is 7.16. The summed E-state index contributed by atoms with van der Waals surface area (Å²) >= 11 is 9.70. The van der Waals surface area contributed by atoms with Gasteiger partial charge in [0.25, 0.3) is 5.69 Å². The molecule has 0 radical (unpaired) electrons. The number of unbranched alkanes of at least 4 members (excludes halogenated alkanes) is 9. The summed E-state index contributed by atoms with van der Waals surface area (Å²) in [5.74, 6) is 0.730. The Morgan fingerprint density at radius 3 is 1.96 bits per heavy atom. The molecule has 0 spiro atoms. The van der Waals surface area contributed by atoms with E-state index in [-0.39, 0.29) is 0 Å². The fraction of sp³-hybridized carbons (Fsp3) is 0.667. The van der Waals surface area contributed by atoms with Crippen molar-refractivity contribution >= 4 is 29.7 Å². The molecule has 0 saturated carbocycles. The van der Waals surface area contributed by atoms with E-state index in [0.717, 1.165) is 12.2 Å². The van der Waals surface area contributed by atoms with E-state index in [1.165, 1.54) is 57.8 Å². The highest BCUT2D eigenvalue weighted by atomic mass is 32.9. The van der Waals surface area contributed by atoms with E-state index in [0.29, 0.717) is 6.61 Å². The molecule has 0 saturated heterocycles. The van der Waals surface area contributed by atoms with Gasteiger partial charge in [0, 0.05) is 0 Å². The molecule has 2 nitrogen and oxygen atoms in total.